The Kier molecular flexibility index (Phi) is 3.16. The summed E-state index contributed by atoms with van der Waals surface area (Å²) in [6.45, 7) is 0.822. The van der Waals surface area contributed by atoms with Crippen LogP contribution in [0.25, 0.3) is 10.9 Å². The zero-order valence-electron chi connectivity index (χ0n) is 10.4. The highest BCUT2D eigenvalue weighted by molar-refractivity contribution is 5.82. The second kappa shape index (κ2) is 5.12. The van der Waals surface area contributed by atoms with Gasteiger partial charge in [-0.2, -0.15) is 0 Å². The standard InChI is InChI=1S/C15H14N2O2/c16-9-11-8-15(19-10-12-4-3-7-18-12)17-14-6-2-1-5-13(11)14/h1-8H,9-10,16H2. The van der Waals surface area contributed by atoms with Crippen molar-refractivity contribution in [3.05, 3.63) is 60.1 Å². The fourth-order valence-electron chi connectivity index (χ4n) is 2.00. The van der Waals surface area contributed by atoms with E-state index in [9.17, 15) is 0 Å². The molecule has 1 aromatic carbocycles. The van der Waals surface area contributed by atoms with Gasteiger partial charge in [0, 0.05) is 18.0 Å². The highest BCUT2D eigenvalue weighted by atomic mass is 16.5. The minimum Gasteiger partial charge on any atom is -0.469 e. The predicted octanol–water partition coefficient (Wildman–Crippen LogP) is 2.87. The van der Waals surface area contributed by atoms with Crippen LogP contribution in [0.2, 0.25) is 0 Å². The number of hydrogen-bond acceptors (Lipinski definition) is 4. The zero-order valence-corrected chi connectivity index (χ0v) is 10.4. The van der Waals surface area contributed by atoms with Crippen LogP contribution in [0.4, 0.5) is 0 Å². The first kappa shape index (κ1) is 11.7. The van der Waals surface area contributed by atoms with E-state index < -0.39 is 0 Å². The summed E-state index contributed by atoms with van der Waals surface area (Å²) in [5.41, 5.74) is 7.69. The van der Waals surface area contributed by atoms with Crippen LogP contribution in [0.3, 0.4) is 0 Å². The molecule has 0 aliphatic carbocycles. The molecule has 0 atom stereocenters. The highest BCUT2D eigenvalue weighted by Crippen LogP contribution is 2.22. The average Bonchev–Trinajstić information content (AvgIpc) is 2.97. The number of ether oxygens (including phenoxy) is 1. The molecule has 0 saturated carbocycles. The van der Waals surface area contributed by atoms with Crippen LogP contribution in [0, 0.1) is 0 Å². The Hall–Kier alpha value is -2.33. The molecule has 0 bridgehead atoms. The van der Waals surface area contributed by atoms with E-state index in [-0.39, 0.29) is 0 Å². The monoisotopic (exact) mass is 254 g/mol. The molecule has 4 nitrogen and oxygen atoms in total. The lowest BCUT2D eigenvalue weighted by molar-refractivity contribution is 0.261. The van der Waals surface area contributed by atoms with Gasteiger partial charge < -0.3 is 14.9 Å². The van der Waals surface area contributed by atoms with Crippen LogP contribution in [0.1, 0.15) is 11.3 Å². The first-order chi connectivity index (χ1) is 9.36. The molecule has 0 unspecified atom stereocenters. The van der Waals surface area contributed by atoms with E-state index in [1.165, 1.54) is 0 Å². The van der Waals surface area contributed by atoms with Crippen molar-refractivity contribution in [1.29, 1.82) is 0 Å². The van der Waals surface area contributed by atoms with Crippen molar-refractivity contribution in [3.8, 4) is 5.88 Å². The van der Waals surface area contributed by atoms with Crippen molar-refractivity contribution in [1.82, 2.24) is 4.98 Å². The van der Waals surface area contributed by atoms with E-state index in [0.29, 0.717) is 19.0 Å². The van der Waals surface area contributed by atoms with E-state index in [1.807, 2.05) is 42.5 Å². The lowest BCUT2D eigenvalue weighted by Crippen LogP contribution is -2.02. The minimum absolute atomic E-state index is 0.363. The molecule has 2 aromatic heterocycles. The molecule has 96 valence electrons. The molecule has 19 heavy (non-hydrogen) atoms. The van der Waals surface area contributed by atoms with Gasteiger partial charge in [-0.15, -0.1) is 0 Å². The molecule has 0 radical (unpaired) electrons. The maximum Gasteiger partial charge on any atom is 0.214 e. The number of pyridine rings is 1. The molecule has 0 amide bonds. The van der Waals surface area contributed by atoms with Gasteiger partial charge in [0.05, 0.1) is 11.8 Å². The van der Waals surface area contributed by atoms with Gasteiger partial charge >= 0.3 is 0 Å². The van der Waals surface area contributed by atoms with Crippen molar-refractivity contribution < 1.29 is 9.15 Å². The molecule has 0 fully saturated rings. The second-order valence-corrected chi connectivity index (χ2v) is 4.21. The Morgan fingerprint density at radius 1 is 1.16 bits per heavy atom. The maximum atomic E-state index is 5.77. The Bertz CT molecular complexity index is 678. The quantitative estimate of drug-likeness (QED) is 0.777. The van der Waals surface area contributed by atoms with Crippen LogP contribution in [-0.2, 0) is 13.2 Å². The molecule has 0 aliphatic heterocycles. The zero-order chi connectivity index (χ0) is 13.1. The van der Waals surface area contributed by atoms with Gasteiger partial charge in [0.2, 0.25) is 5.88 Å². The van der Waals surface area contributed by atoms with Gasteiger partial charge in [0.15, 0.2) is 0 Å². The van der Waals surface area contributed by atoms with Crippen molar-refractivity contribution in [2.45, 2.75) is 13.2 Å². The summed E-state index contributed by atoms with van der Waals surface area (Å²) < 4.78 is 10.9. The Labute approximate surface area is 110 Å². The summed E-state index contributed by atoms with van der Waals surface area (Å²) in [5, 5.41) is 1.07. The van der Waals surface area contributed by atoms with E-state index >= 15 is 0 Å². The third kappa shape index (κ3) is 2.44. The van der Waals surface area contributed by atoms with E-state index in [2.05, 4.69) is 4.98 Å². The second-order valence-electron chi connectivity index (χ2n) is 4.21. The first-order valence-electron chi connectivity index (χ1n) is 6.11. The molecule has 2 heterocycles. The summed E-state index contributed by atoms with van der Waals surface area (Å²) in [5.74, 6) is 1.33. The SMILES string of the molecule is NCc1cc(OCc2ccco2)nc2ccccc12. The van der Waals surface area contributed by atoms with Crippen molar-refractivity contribution in [2.24, 2.45) is 5.73 Å². The van der Waals surface area contributed by atoms with Gasteiger partial charge in [-0.05, 0) is 23.8 Å². The number of benzene rings is 1. The van der Waals surface area contributed by atoms with Gasteiger partial charge in [-0.25, -0.2) is 4.98 Å². The maximum absolute atomic E-state index is 5.77. The van der Waals surface area contributed by atoms with Crippen LogP contribution in [0.5, 0.6) is 5.88 Å². The lowest BCUT2D eigenvalue weighted by atomic mass is 10.1. The number of furan rings is 1. The number of rotatable bonds is 4. The molecule has 2 N–H and O–H groups in total. The summed E-state index contributed by atoms with van der Waals surface area (Å²) in [4.78, 5) is 4.46. The largest absolute Gasteiger partial charge is 0.469 e. The van der Waals surface area contributed by atoms with Crippen molar-refractivity contribution in [3.63, 3.8) is 0 Å². The Morgan fingerprint density at radius 2 is 2.05 bits per heavy atom. The number of para-hydroxylation sites is 1. The topological polar surface area (TPSA) is 61.3 Å². The smallest absolute Gasteiger partial charge is 0.214 e. The summed E-state index contributed by atoms with van der Waals surface area (Å²) in [6, 6.07) is 13.5. The van der Waals surface area contributed by atoms with Gasteiger partial charge in [-0.1, -0.05) is 18.2 Å². The third-order valence-electron chi connectivity index (χ3n) is 2.94. The third-order valence-corrected chi connectivity index (χ3v) is 2.94. The number of hydrogen-bond donors (Lipinski definition) is 1. The van der Waals surface area contributed by atoms with Crippen LogP contribution in [0.15, 0.2) is 53.1 Å². The van der Waals surface area contributed by atoms with Gasteiger partial charge in [-0.3, -0.25) is 0 Å². The van der Waals surface area contributed by atoms with Crippen molar-refractivity contribution in [2.75, 3.05) is 0 Å². The predicted molar refractivity (Wildman–Crippen MR) is 72.7 cm³/mol. The Morgan fingerprint density at radius 3 is 2.84 bits per heavy atom. The molecular formula is C15H14N2O2. The first-order valence-corrected chi connectivity index (χ1v) is 6.11. The van der Waals surface area contributed by atoms with E-state index in [4.69, 9.17) is 14.9 Å². The van der Waals surface area contributed by atoms with E-state index in [1.54, 1.807) is 6.26 Å². The average molecular weight is 254 g/mol. The number of aromatic nitrogens is 1. The molecular weight excluding hydrogens is 240 g/mol. The fourth-order valence-corrected chi connectivity index (χ4v) is 2.00. The molecule has 3 rings (SSSR count). The van der Waals surface area contributed by atoms with E-state index in [0.717, 1.165) is 22.2 Å². The van der Waals surface area contributed by atoms with Gasteiger partial charge in [0.1, 0.15) is 12.4 Å². The molecule has 0 spiro atoms. The van der Waals surface area contributed by atoms with Crippen LogP contribution < -0.4 is 10.5 Å². The fraction of sp³-hybridized carbons (Fsp3) is 0.133. The number of nitrogens with zero attached hydrogens (tertiary/aromatic N) is 1. The minimum atomic E-state index is 0.363. The van der Waals surface area contributed by atoms with Crippen LogP contribution in [-0.4, -0.2) is 4.98 Å². The molecule has 3 aromatic rings. The summed E-state index contributed by atoms with van der Waals surface area (Å²) in [6.07, 6.45) is 1.62. The normalized spacial score (nSPS) is 10.8. The number of nitrogens with two attached hydrogens (primary N) is 1. The summed E-state index contributed by atoms with van der Waals surface area (Å²) in [7, 11) is 0. The summed E-state index contributed by atoms with van der Waals surface area (Å²) >= 11 is 0. The molecule has 0 saturated heterocycles. The van der Waals surface area contributed by atoms with Crippen LogP contribution >= 0.6 is 0 Å². The molecule has 0 aliphatic rings. The lowest BCUT2D eigenvalue weighted by Gasteiger charge is -2.08. The Balaban J connectivity index is 1.91. The van der Waals surface area contributed by atoms with Gasteiger partial charge in [0.25, 0.3) is 0 Å². The molecule has 4 heteroatoms. The highest BCUT2D eigenvalue weighted by Gasteiger charge is 2.06. The van der Waals surface area contributed by atoms with Crippen molar-refractivity contribution >= 4 is 10.9 Å². The number of fused-ring (bicyclic) bond motifs is 1.